The van der Waals surface area contributed by atoms with Crippen LogP contribution in [-0.4, -0.2) is 23.1 Å². The molecule has 1 aromatic rings. The van der Waals surface area contributed by atoms with Crippen LogP contribution in [0.4, 0.5) is 5.69 Å². The van der Waals surface area contributed by atoms with Gasteiger partial charge >= 0.3 is 0 Å². The maximum atomic E-state index is 5.51. The van der Waals surface area contributed by atoms with Gasteiger partial charge in [0.05, 0.1) is 0 Å². The standard InChI is InChI=1S/C15H22N2S/c1-2-13-7-6-11-17(12-10-13)15(18)16-14-8-4-3-5-9-14/h3-5,8-9,13H,2,6-7,10-12H2,1H3,(H,16,18). The Morgan fingerprint density at radius 1 is 1.28 bits per heavy atom. The van der Waals surface area contributed by atoms with E-state index in [1.54, 1.807) is 0 Å². The Morgan fingerprint density at radius 2 is 2.06 bits per heavy atom. The average molecular weight is 262 g/mol. The molecule has 2 nitrogen and oxygen atoms in total. The summed E-state index contributed by atoms with van der Waals surface area (Å²) in [5, 5.41) is 4.20. The van der Waals surface area contributed by atoms with E-state index >= 15 is 0 Å². The Bertz CT molecular complexity index is 377. The minimum absolute atomic E-state index is 0.873. The highest BCUT2D eigenvalue weighted by molar-refractivity contribution is 7.80. The van der Waals surface area contributed by atoms with Crippen molar-refractivity contribution in [3.8, 4) is 0 Å². The highest BCUT2D eigenvalue weighted by Crippen LogP contribution is 2.20. The first-order valence-electron chi connectivity index (χ1n) is 6.90. The van der Waals surface area contributed by atoms with Gasteiger partial charge in [-0.2, -0.15) is 0 Å². The number of nitrogens with one attached hydrogen (secondary N) is 1. The molecule has 18 heavy (non-hydrogen) atoms. The van der Waals surface area contributed by atoms with Crippen molar-refractivity contribution in [3.63, 3.8) is 0 Å². The third kappa shape index (κ3) is 3.70. The lowest BCUT2D eigenvalue weighted by Gasteiger charge is -2.24. The monoisotopic (exact) mass is 262 g/mol. The molecule has 0 amide bonds. The van der Waals surface area contributed by atoms with Crippen LogP contribution in [0.1, 0.15) is 32.6 Å². The van der Waals surface area contributed by atoms with E-state index in [0.29, 0.717) is 0 Å². The summed E-state index contributed by atoms with van der Waals surface area (Å²) in [6.45, 7) is 4.48. The van der Waals surface area contributed by atoms with Gasteiger partial charge in [-0.3, -0.25) is 0 Å². The molecule has 1 aliphatic rings. The second-order valence-corrected chi connectivity index (χ2v) is 5.38. The van der Waals surface area contributed by atoms with Crippen molar-refractivity contribution in [2.24, 2.45) is 5.92 Å². The van der Waals surface area contributed by atoms with Gasteiger partial charge in [0.25, 0.3) is 0 Å². The molecule has 0 saturated carbocycles. The van der Waals surface area contributed by atoms with Gasteiger partial charge in [-0.15, -0.1) is 0 Å². The first-order valence-corrected chi connectivity index (χ1v) is 7.31. The highest BCUT2D eigenvalue weighted by Gasteiger charge is 2.17. The third-order valence-electron chi connectivity index (χ3n) is 3.74. The predicted octanol–water partition coefficient (Wildman–Crippen LogP) is 3.90. The Morgan fingerprint density at radius 3 is 2.78 bits per heavy atom. The van der Waals surface area contributed by atoms with E-state index < -0.39 is 0 Å². The van der Waals surface area contributed by atoms with Crippen LogP contribution >= 0.6 is 12.2 Å². The molecule has 1 atom stereocenters. The van der Waals surface area contributed by atoms with Gasteiger partial charge in [-0.25, -0.2) is 0 Å². The van der Waals surface area contributed by atoms with E-state index in [-0.39, 0.29) is 0 Å². The van der Waals surface area contributed by atoms with Crippen molar-refractivity contribution < 1.29 is 0 Å². The number of likely N-dealkylation sites (tertiary alicyclic amines) is 1. The smallest absolute Gasteiger partial charge is 0.173 e. The molecule has 1 aliphatic heterocycles. The van der Waals surface area contributed by atoms with Crippen molar-refractivity contribution in [3.05, 3.63) is 30.3 Å². The Kier molecular flexibility index (Phi) is 5.00. The summed E-state index contributed by atoms with van der Waals surface area (Å²) < 4.78 is 0. The van der Waals surface area contributed by atoms with Gasteiger partial charge < -0.3 is 10.2 Å². The van der Waals surface area contributed by atoms with Gasteiger partial charge in [0.2, 0.25) is 0 Å². The van der Waals surface area contributed by atoms with Gasteiger partial charge in [0.1, 0.15) is 0 Å². The predicted molar refractivity (Wildman–Crippen MR) is 81.9 cm³/mol. The molecule has 1 unspecified atom stereocenters. The summed E-state index contributed by atoms with van der Waals surface area (Å²) in [6, 6.07) is 10.2. The lowest BCUT2D eigenvalue weighted by atomic mass is 9.98. The number of anilines is 1. The minimum Gasteiger partial charge on any atom is -0.349 e. The molecule has 0 radical (unpaired) electrons. The van der Waals surface area contributed by atoms with Crippen LogP contribution in [0, 0.1) is 5.92 Å². The number of para-hydroxylation sites is 1. The first-order chi connectivity index (χ1) is 8.79. The largest absolute Gasteiger partial charge is 0.349 e. The molecule has 1 saturated heterocycles. The van der Waals surface area contributed by atoms with E-state index in [2.05, 4.69) is 29.3 Å². The van der Waals surface area contributed by atoms with Crippen LogP contribution in [0.2, 0.25) is 0 Å². The normalized spacial score (nSPS) is 20.3. The number of nitrogens with zero attached hydrogens (tertiary/aromatic N) is 1. The zero-order chi connectivity index (χ0) is 12.8. The molecule has 2 rings (SSSR count). The van der Waals surface area contributed by atoms with E-state index in [0.717, 1.165) is 29.8 Å². The molecule has 0 spiro atoms. The van der Waals surface area contributed by atoms with Crippen molar-refractivity contribution in [1.82, 2.24) is 4.90 Å². The lowest BCUT2D eigenvalue weighted by Crippen LogP contribution is -2.35. The number of rotatable bonds is 2. The Balaban J connectivity index is 1.89. The van der Waals surface area contributed by atoms with Gasteiger partial charge in [-0.05, 0) is 49.5 Å². The minimum atomic E-state index is 0.873. The van der Waals surface area contributed by atoms with Gasteiger partial charge in [0, 0.05) is 18.8 Å². The van der Waals surface area contributed by atoms with Crippen molar-refractivity contribution in [2.45, 2.75) is 32.6 Å². The third-order valence-corrected chi connectivity index (χ3v) is 4.10. The number of hydrogen-bond acceptors (Lipinski definition) is 1. The summed E-state index contributed by atoms with van der Waals surface area (Å²) in [6.07, 6.45) is 5.18. The molecule has 1 N–H and O–H groups in total. The fourth-order valence-electron chi connectivity index (χ4n) is 2.50. The topological polar surface area (TPSA) is 15.3 Å². The highest BCUT2D eigenvalue weighted by atomic mass is 32.1. The van der Waals surface area contributed by atoms with Crippen LogP contribution in [0.5, 0.6) is 0 Å². The number of benzene rings is 1. The Hall–Kier alpha value is -1.09. The Labute approximate surface area is 115 Å². The van der Waals surface area contributed by atoms with Crippen LogP contribution in [0.3, 0.4) is 0 Å². The van der Waals surface area contributed by atoms with Crippen molar-refractivity contribution in [1.29, 1.82) is 0 Å². The van der Waals surface area contributed by atoms with Crippen molar-refractivity contribution >= 4 is 23.0 Å². The molecule has 1 fully saturated rings. The van der Waals surface area contributed by atoms with Gasteiger partial charge in [-0.1, -0.05) is 31.5 Å². The summed E-state index contributed by atoms with van der Waals surface area (Å²) in [4.78, 5) is 2.32. The molecular weight excluding hydrogens is 240 g/mol. The average Bonchev–Trinajstić information content (AvgIpc) is 2.65. The molecule has 3 heteroatoms. The van der Waals surface area contributed by atoms with Crippen LogP contribution in [0.15, 0.2) is 30.3 Å². The second kappa shape index (κ2) is 6.74. The fourth-order valence-corrected chi connectivity index (χ4v) is 2.80. The zero-order valence-corrected chi connectivity index (χ0v) is 11.9. The molecular formula is C15H22N2S. The van der Waals surface area contributed by atoms with Crippen LogP contribution in [-0.2, 0) is 0 Å². The number of thiocarbonyl (C=S) groups is 1. The fraction of sp³-hybridized carbons (Fsp3) is 0.533. The maximum absolute atomic E-state index is 5.51. The second-order valence-electron chi connectivity index (χ2n) is 4.99. The summed E-state index contributed by atoms with van der Waals surface area (Å²) in [7, 11) is 0. The number of hydrogen-bond donors (Lipinski definition) is 1. The SMILES string of the molecule is CCC1CCCN(C(=S)Nc2ccccc2)CC1. The lowest BCUT2D eigenvalue weighted by molar-refractivity contribution is 0.416. The van der Waals surface area contributed by atoms with E-state index in [1.165, 1.54) is 25.7 Å². The van der Waals surface area contributed by atoms with Crippen molar-refractivity contribution in [2.75, 3.05) is 18.4 Å². The summed E-state index contributed by atoms with van der Waals surface area (Å²) in [5.74, 6) is 0.884. The molecule has 0 aromatic heterocycles. The molecule has 0 aliphatic carbocycles. The zero-order valence-electron chi connectivity index (χ0n) is 11.1. The molecule has 1 aromatic carbocycles. The van der Waals surface area contributed by atoms with E-state index in [9.17, 15) is 0 Å². The van der Waals surface area contributed by atoms with E-state index in [1.807, 2.05) is 18.2 Å². The van der Waals surface area contributed by atoms with Crippen LogP contribution < -0.4 is 5.32 Å². The molecule has 98 valence electrons. The quantitative estimate of drug-likeness (QED) is 0.814. The summed E-state index contributed by atoms with van der Waals surface area (Å²) >= 11 is 5.51. The first kappa shape index (κ1) is 13.3. The maximum Gasteiger partial charge on any atom is 0.173 e. The van der Waals surface area contributed by atoms with Crippen LogP contribution in [0.25, 0.3) is 0 Å². The summed E-state index contributed by atoms with van der Waals surface area (Å²) in [5.41, 5.74) is 1.08. The molecule has 1 heterocycles. The molecule has 0 bridgehead atoms. The van der Waals surface area contributed by atoms with Gasteiger partial charge in [0.15, 0.2) is 5.11 Å². The van der Waals surface area contributed by atoms with E-state index in [4.69, 9.17) is 12.2 Å².